The van der Waals surface area contributed by atoms with E-state index in [1.807, 2.05) is 0 Å². The van der Waals surface area contributed by atoms with Crippen LogP contribution >= 0.6 is 0 Å². The third-order valence-corrected chi connectivity index (χ3v) is 4.86. The van der Waals surface area contributed by atoms with E-state index in [0.29, 0.717) is 5.41 Å². The summed E-state index contributed by atoms with van der Waals surface area (Å²) in [6.07, 6.45) is 6.85. The van der Waals surface area contributed by atoms with E-state index in [9.17, 15) is 0 Å². The number of piperidine rings is 1. The van der Waals surface area contributed by atoms with Crippen LogP contribution < -0.4 is 5.73 Å². The summed E-state index contributed by atoms with van der Waals surface area (Å²) in [5, 5.41) is 0. The molecule has 0 aromatic heterocycles. The molecule has 2 fully saturated rings. The van der Waals surface area contributed by atoms with Crippen molar-refractivity contribution in [3.05, 3.63) is 0 Å². The van der Waals surface area contributed by atoms with Gasteiger partial charge in [-0.3, -0.25) is 0 Å². The maximum atomic E-state index is 5.77. The van der Waals surface area contributed by atoms with Gasteiger partial charge in [0.05, 0.1) is 0 Å². The van der Waals surface area contributed by atoms with Gasteiger partial charge in [-0.25, -0.2) is 0 Å². The summed E-state index contributed by atoms with van der Waals surface area (Å²) in [5.41, 5.74) is 6.32. The molecule has 0 amide bonds. The van der Waals surface area contributed by atoms with Gasteiger partial charge in [-0.15, -0.1) is 0 Å². The number of hydrogen-bond donors (Lipinski definition) is 1. The number of nitrogens with two attached hydrogens (primary N) is 1. The lowest BCUT2D eigenvalue weighted by atomic mass is 9.70. The molecule has 1 saturated heterocycles. The maximum Gasteiger partial charge on any atom is 0.0103 e. The number of hydrogen-bond acceptors (Lipinski definition) is 2. The summed E-state index contributed by atoms with van der Waals surface area (Å²) in [4.78, 5) is 2.75. The SMILES string of the molecule is C[C@@H]1C[C@H](N2CCC(CN)CC2)CC(C)(C)C1. The Kier molecular flexibility index (Phi) is 4.14. The summed E-state index contributed by atoms with van der Waals surface area (Å²) in [7, 11) is 0. The fourth-order valence-corrected chi connectivity index (χ4v) is 4.13. The Hall–Kier alpha value is -0.0800. The van der Waals surface area contributed by atoms with Gasteiger partial charge in [0.25, 0.3) is 0 Å². The Labute approximate surface area is 107 Å². The van der Waals surface area contributed by atoms with Crippen molar-refractivity contribution in [2.45, 2.75) is 58.9 Å². The second-order valence-corrected chi connectivity index (χ2v) is 7.28. The molecular weight excluding hydrogens is 208 g/mol. The molecule has 0 unspecified atom stereocenters. The minimum atomic E-state index is 0.549. The Balaban J connectivity index is 1.90. The van der Waals surface area contributed by atoms with Crippen LogP contribution in [0.25, 0.3) is 0 Å². The fourth-order valence-electron chi connectivity index (χ4n) is 4.13. The van der Waals surface area contributed by atoms with Crippen molar-refractivity contribution in [2.24, 2.45) is 23.0 Å². The third kappa shape index (κ3) is 3.45. The van der Waals surface area contributed by atoms with Crippen LogP contribution in [0.3, 0.4) is 0 Å². The molecule has 1 aliphatic carbocycles. The first-order valence-corrected chi connectivity index (χ1v) is 7.44. The van der Waals surface area contributed by atoms with Crippen molar-refractivity contribution in [3.63, 3.8) is 0 Å². The van der Waals surface area contributed by atoms with Gasteiger partial charge in [-0.2, -0.15) is 0 Å². The summed E-state index contributed by atoms with van der Waals surface area (Å²) in [5.74, 6) is 1.69. The molecule has 2 N–H and O–H groups in total. The molecule has 2 heteroatoms. The Bertz CT molecular complexity index is 241. The van der Waals surface area contributed by atoms with Crippen molar-refractivity contribution in [1.82, 2.24) is 4.90 Å². The topological polar surface area (TPSA) is 29.3 Å². The van der Waals surface area contributed by atoms with Crippen LogP contribution in [-0.2, 0) is 0 Å². The fraction of sp³-hybridized carbons (Fsp3) is 1.00. The highest BCUT2D eigenvalue weighted by Crippen LogP contribution is 2.41. The molecule has 1 aliphatic heterocycles. The lowest BCUT2D eigenvalue weighted by Crippen LogP contribution is -2.47. The summed E-state index contributed by atoms with van der Waals surface area (Å²) in [6.45, 7) is 10.8. The monoisotopic (exact) mass is 238 g/mol. The van der Waals surface area contributed by atoms with Crippen LogP contribution in [0.1, 0.15) is 52.9 Å². The minimum absolute atomic E-state index is 0.549. The van der Waals surface area contributed by atoms with Gasteiger partial charge in [-0.05, 0) is 69.0 Å². The van der Waals surface area contributed by atoms with Crippen molar-refractivity contribution >= 4 is 0 Å². The predicted molar refractivity (Wildman–Crippen MR) is 73.9 cm³/mol. The van der Waals surface area contributed by atoms with Crippen molar-refractivity contribution in [1.29, 1.82) is 0 Å². The van der Waals surface area contributed by atoms with E-state index in [1.165, 1.54) is 45.2 Å². The third-order valence-electron chi connectivity index (χ3n) is 4.86. The van der Waals surface area contributed by atoms with Crippen LogP contribution in [0.4, 0.5) is 0 Å². The molecule has 2 aliphatic rings. The Morgan fingerprint density at radius 3 is 2.35 bits per heavy atom. The average Bonchev–Trinajstić information content (AvgIpc) is 2.26. The van der Waals surface area contributed by atoms with E-state index < -0.39 is 0 Å². The zero-order valence-electron chi connectivity index (χ0n) is 11.9. The van der Waals surface area contributed by atoms with Crippen LogP contribution in [-0.4, -0.2) is 30.6 Å². The Morgan fingerprint density at radius 1 is 1.18 bits per heavy atom. The summed E-state index contributed by atoms with van der Waals surface area (Å²) >= 11 is 0. The van der Waals surface area contributed by atoms with Gasteiger partial charge in [-0.1, -0.05) is 20.8 Å². The van der Waals surface area contributed by atoms with Crippen molar-refractivity contribution in [2.75, 3.05) is 19.6 Å². The van der Waals surface area contributed by atoms with E-state index in [0.717, 1.165) is 24.4 Å². The smallest absolute Gasteiger partial charge is 0.0103 e. The highest BCUT2D eigenvalue weighted by Gasteiger charge is 2.35. The molecule has 100 valence electrons. The molecule has 0 spiro atoms. The second-order valence-electron chi connectivity index (χ2n) is 7.28. The molecule has 1 saturated carbocycles. The number of rotatable bonds is 2. The largest absolute Gasteiger partial charge is 0.330 e. The van der Waals surface area contributed by atoms with Gasteiger partial charge in [0, 0.05) is 6.04 Å². The molecule has 0 aromatic carbocycles. The molecule has 1 heterocycles. The van der Waals surface area contributed by atoms with E-state index in [1.54, 1.807) is 0 Å². The number of likely N-dealkylation sites (tertiary alicyclic amines) is 1. The van der Waals surface area contributed by atoms with E-state index in [-0.39, 0.29) is 0 Å². The van der Waals surface area contributed by atoms with Crippen LogP contribution in [0, 0.1) is 17.3 Å². The van der Waals surface area contributed by atoms with Crippen molar-refractivity contribution in [3.8, 4) is 0 Å². The molecule has 0 radical (unpaired) electrons. The van der Waals surface area contributed by atoms with Gasteiger partial charge >= 0.3 is 0 Å². The zero-order valence-corrected chi connectivity index (χ0v) is 11.9. The first-order valence-electron chi connectivity index (χ1n) is 7.44. The normalized spacial score (nSPS) is 36.0. The van der Waals surface area contributed by atoms with Gasteiger partial charge in [0.15, 0.2) is 0 Å². The van der Waals surface area contributed by atoms with E-state index >= 15 is 0 Å². The summed E-state index contributed by atoms with van der Waals surface area (Å²) < 4.78 is 0. The van der Waals surface area contributed by atoms with Crippen LogP contribution in [0.2, 0.25) is 0 Å². The number of nitrogens with zero attached hydrogens (tertiary/aromatic N) is 1. The Morgan fingerprint density at radius 2 is 1.82 bits per heavy atom. The predicted octanol–water partition coefficient (Wildman–Crippen LogP) is 2.87. The van der Waals surface area contributed by atoms with Gasteiger partial charge < -0.3 is 10.6 Å². The van der Waals surface area contributed by atoms with Crippen molar-refractivity contribution < 1.29 is 0 Å². The molecule has 0 bridgehead atoms. The molecule has 2 atom stereocenters. The maximum absolute atomic E-state index is 5.77. The highest BCUT2D eigenvalue weighted by molar-refractivity contribution is 4.89. The first-order chi connectivity index (χ1) is 8.00. The standard InChI is InChI=1S/C15H30N2/c1-12-8-14(10-15(2,3)9-12)17-6-4-13(11-16)5-7-17/h12-14H,4-11,16H2,1-3H3/t12-,14+/m1/s1. The first kappa shape index (κ1) is 13.4. The quantitative estimate of drug-likeness (QED) is 0.801. The lowest BCUT2D eigenvalue weighted by molar-refractivity contribution is 0.0453. The second kappa shape index (κ2) is 5.27. The molecule has 0 aromatic rings. The van der Waals surface area contributed by atoms with Gasteiger partial charge in [0.2, 0.25) is 0 Å². The molecule has 2 rings (SSSR count). The highest BCUT2D eigenvalue weighted by atomic mass is 15.2. The minimum Gasteiger partial charge on any atom is -0.330 e. The van der Waals surface area contributed by atoms with Gasteiger partial charge in [0.1, 0.15) is 0 Å². The van der Waals surface area contributed by atoms with Crippen LogP contribution in [0.15, 0.2) is 0 Å². The average molecular weight is 238 g/mol. The zero-order chi connectivity index (χ0) is 12.5. The molecular formula is C15H30N2. The van der Waals surface area contributed by atoms with E-state index in [2.05, 4.69) is 25.7 Å². The lowest BCUT2D eigenvalue weighted by Gasteiger charge is -2.46. The molecule has 2 nitrogen and oxygen atoms in total. The summed E-state index contributed by atoms with van der Waals surface area (Å²) in [6, 6.07) is 0.840. The van der Waals surface area contributed by atoms with Crippen LogP contribution in [0.5, 0.6) is 0 Å². The molecule has 17 heavy (non-hydrogen) atoms. The van der Waals surface area contributed by atoms with E-state index in [4.69, 9.17) is 5.73 Å².